The number of allylic oxidation sites excluding steroid dienone is 1. The highest BCUT2D eigenvalue weighted by atomic mass is 35.5. The summed E-state index contributed by atoms with van der Waals surface area (Å²) in [5.74, 6) is 0. The average molecular weight is 350 g/mol. The summed E-state index contributed by atoms with van der Waals surface area (Å²) in [6.45, 7) is 0.900. The number of hydroxylamine groups is 1. The van der Waals surface area contributed by atoms with Crippen LogP contribution in [0.5, 0.6) is 0 Å². The molecule has 7 heteroatoms. The third-order valence-corrected chi connectivity index (χ3v) is 3.44. The highest BCUT2D eigenvalue weighted by molar-refractivity contribution is 5.85. The second-order valence-electron chi connectivity index (χ2n) is 5.16. The Morgan fingerprint density at radius 3 is 2.48 bits per heavy atom. The van der Waals surface area contributed by atoms with Gasteiger partial charge in [-0.1, -0.05) is 48.1 Å². The maximum absolute atomic E-state index is 12.6. The Bertz CT molecular complexity index is 546. The normalized spacial score (nSPS) is 20.8. The molecule has 0 saturated heterocycles. The first-order chi connectivity index (χ1) is 10.4. The van der Waals surface area contributed by atoms with E-state index < -0.39 is 18.2 Å². The Hall–Kier alpha value is -1.34. The first-order valence-electron chi connectivity index (χ1n) is 6.97. The van der Waals surface area contributed by atoms with Crippen molar-refractivity contribution in [3.63, 3.8) is 0 Å². The summed E-state index contributed by atoms with van der Waals surface area (Å²) in [6, 6.07) is 9.62. The van der Waals surface area contributed by atoms with Gasteiger partial charge in [0.15, 0.2) is 5.60 Å². The van der Waals surface area contributed by atoms with Crippen LogP contribution in [0.2, 0.25) is 0 Å². The molecule has 1 aromatic carbocycles. The highest BCUT2D eigenvalue weighted by Crippen LogP contribution is 2.37. The Morgan fingerprint density at radius 2 is 1.91 bits per heavy atom. The summed E-state index contributed by atoms with van der Waals surface area (Å²) in [4.78, 5) is 5.28. The van der Waals surface area contributed by atoms with Gasteiger partial charge in [0.05, 0.1) is 6.61 Å². The van der Waals surface area contributed by atoms with E-state index in [4.69, 9.17) is 4.84 Å². The van der Waals surface area contributed by atoms with Gasteiger partial charge >= 0.3 is 6.18 Å². The summed E-state index contributed by atoms with van der Waals surface area (Å²) in [5, 5.41) is 9.46. The van der Waals surface area contributed by atoms with Gasteiger partial charge < -0.3 is 5.11 Å². The number of nitrogens with one attached hydrogen (secondary N) is 1. The first kappa shape index (κ1) is 19.7. The topological polar surface area (TPSA) is 41.5 Å². The molecule has 23 heavy (non-hydrogen) atoms. The molecule has 3 nitrogen and oxygen atoms in total. The van der Waals surface area contributed by atoms with Gasteiger partial charge in [-0.05, 0) is 18.1 Å². The molecule has 0 fully saturated rings. The molecule has 1 aromatic rings. The van der Waals surface area contributed by atoms with Crippen LogP contribution in [0.15, 0.2) is 54.1 Å². The molecule has 0 heterocycles. The SMILES string of the molecule is Cl.OC1(C(F)(F)F)C=CC(CCNOCc2ccccc2)=CC1. The molecule has 0 aromatic heterocycles. The van der Waals surface area contributed by atoms with Crippen molar-refractivity contribution in [2.75, 3.05) is 6.54 Å². The van der Waals surface area contributed by atoms with E-state index in [0.29, 0.717) is 19.6 Å². The minimum atomic E-state index is -4.65. The lowest BCUT2D eigenvalue weighted by Crippen LogP contribution is -2.43. The van der Waals surface area contributed by atoms with Crippen molar-refractivity contribution in [2.45, 2.75) is 31.2 Å². The standard InChI is InChI=1S/C16H18F3NO2.ClH/c17-16(18,19)15(21)9-6-13(7-10-15)8-11-20-22-12-14-4-2-1-3-5-14;/h1-7,9,20-21H,8,10-12H2;1H. The van der Waals surface area contributed by atoms with Crippen molar-refractivity contribution in [2.24, 2.45) is 0 Å². The van der Waals surface area contributed by atoms with Gasteiger partial charge in [0.25, 0.3) is 0 Å². The van der Waals surface area contributed by atoms with E-state index in [0.717, 1.165) is 17.2 Å². The van der Waals surface area contributed by atoms with E-state index in [1.165, 1.54) is 12.2 Å². The molecule has 1 aliphatic carbocycles. The molecule has 0 saturated carbocycles. The number of alkyl halides is 3. The van der Waals surface area contributed by atoms with E-state index in [9.17, 15) is 18.3 Å². The van der Waals surface area contributed by atoms with Crippen molar-refractivity contribution < 1.29 is 23.1 Å². The molecule has 0 radical (unpaired) electrons. The Balaban J connectivity index is 0.00000264. The second kappa shape index (κ2) is 8.49. The van der Waals surface area contributed by atoms with Gasteiger partial charge in [-0.25, -0.2) is 5.48 Å². The van der Waals surface area contributed by atoms with Gasteiger partial charge in [-0.2, -0.15) is 13.2 Å². The molecule has 0 spiro atoms. The number of benzene rings is 1. The average Bonchev–Trinajstić information content (AvgIpc) is 2.49. The first-order valence-corrected chi connectivity index (χ1v) is 6.97. The van der Waals surface area contributed by atoms with Crippen LogP contribution in [0.4, 0.5) is 13.2 Å². The van der Waals surface area contributed by atoms with Gasteiger partial charge in [-0.15, -0.1) is 12.4 Å². The molecule has 2 N–H and O–H groups in total. The van der Waals surface area contributed by atoms with E-state index in [1.54, 1.807) is 0 Å². The monoisotopic (exact) mass is 349 g/mol. The maximum Gasteiger partial charge on any atom is 0.421 e. The van der Waals surface area contributed by atoms with Crippen LogP contribution in [-0.2, 0) is 11.4 Å². The fraction of sp³-hybridized carbons (Fsp3) is 0.375. The summed E-state index contributed by atoms with van der Waals surface area (Å²) in [5.41, 5.74) is 1.80. The van der Waals surface area contributed by atoms with E-state index in [-0.39, 0.29) is 12.4 Å². The van der Waals surface area contributed by atoms with Crippen LogP contribution in [-0.4, -0.2) is 23.4 Å². The zero-order valence-corrected chi connectivity index (χ0v) is 13.2. The molecule has 0 bridgehead atoms. The van der Waals surface area contributed by atoms with Crippen molar-refractivity contribution in [1.82, 2.24) is 5.48 Å². The molecule has 128 valence electrons. The number of halogens is 4. The summed E-state index contributed by atoms with van der Waals surface area (Å²) in [7, 11) is 0. The molecule has 1 atom stereocenters. The van der Waals surface area contributed by atoms with Crippen LogP contribution in [0.3, 0.4) is 0 Å². The Morgan fingerprint density at radius 1 is 1.22 bits per heavy atom. The van der Waals surface area contributed by atoms with Crippen molar-refractivity contribution in [1.29, 1.82) is 0 Å². The zero-order valence-electron chi connectivity index (χ0n) is 12.3. The van der Waals surface area contributed by atoms with Crippen LogP contribution in [0.25, 0.3) is 0 Å². The largest absolute Gasteiger partial charge is 0.421 e. The Labute approximate surface area is 139 Å². The summed E-state index contributed by atoms with van der Waals surface area (Å²) in [6.07, 6.45) is -1.04. The fourth-order valence-corrected chi connectivity index (χ4v) is 2.04. The molecule has 1 unspecified atom stereocenters. The maximum atomic E-state index is 12.6. The van der Waals surface area contributed by atoms with Crippen LogP contribution in [0.1, 0.15) is 18.4 Å². The third-order valence-electron chi connectivity index (χ3n) is 3.44. The zero-order chi connectivity index (χ0) is 16.1. The second-order valence-corrected chi connectivity index (χ2v) is 5.16. The lowest BCUT2D eigenvalue weighted by atomic mass is 9.90. The quantitative estimate of drug-likeness (QED) is 0.608. The Kier molecular flexibility index (Phi) is 7.28. The lowest BCUT2D eigenvalue weighted by Gasteiger charge is -2.28. The van der Waals surface area contributed by atoms with E-state index in [1.807, 2.05) is 30.3 Å². The van der Waals surface area contributed by atoms with Gasteiger partial charge in [0.1, 0.15) is 0 Å². The molecule has 0 aliphatic heterocycles. The number of hydrogen-bond donors (Lipinski definition) is 2. The van der Waals surface area contributed by atoms with Crippen molar-refractivity contribution >= 4 is 12.4 Å². The van der Waals surface area contributed by atoms with Crippen molar-refractivity contribution in [3.05, 3.63) is 59.7 Å². The van der Waals surface area contributed by atoms with Gasteiger partial charge in [0, 0.05) is 13.0 Å². The summed E-state index contributed by atoms with van der Waals surface area (Å²) >= 11 is 0. The van der Waals surface area contributed by atoms with Gasteiger partial charge in [-0.3, -0.25) is 4.84 Å². The molecule has 0 amide bonds. The van der Waals surface area contributed by atoms with E-state index >= 15 is 0 Å². The highest BCUT2D eigenvalue weighted by Gasteiger charge is 2.51. The minimum Gasteiger partial charge on any atom is -0.376 e. The minimum absolute atomic E-state index is 0. The molecular formula is C16H19ClF3NO2. The smallest absolute Gasteiger partial charge is 0.376 e. The lowest BCUT2D eigenvalue weighted by molar-refractivity contribution is -0.238. The predicted molar refractivity (Wildman–Crippen MR) is 83.9 cm³/mol. The molecule has 1 aliphatic rings. The third kappa shape index (κ3) is 5.66. The van der Waals surface area contributed by atoms with E-state index in [2.05, 4.69) is 5.48 Å². The molecule has 2 rings (SSSR count). The van der Waals surface area contributed by atoms with Crippen LogP contribution >= 0.6 is 12.4 Å². The van der Waals surface area contributed by atoms with Crippen LogP contribution < -0.4 is 5.48 Å². The molecular weight excluding hydrogens is 331 g/mol. The number of rotatable bonds is 6. The predicted octanol–water partition coefficient (Wildman–Crippen LogP) is 3.70. The summed E-state index contributed by atoms with van der Waals surface area (Å²) < 4.78 is 37.8. The number of aliphatic hydroxyl groups is 1. The fourth-order valence-electron chi connectivity index (χ4n) is 2.04. The van der Waals surface area contributed by atoms with Gasteiger partial charge in [0.2, 0.25) is 0 Å². The van der Waals surface area contributed by atoms with Crippen LogP contribution in [0, 0.1) is 0 Å². The number of hydrogen-bond acceptors (Lipinski definition) is 3. The van der Waals surface area contributed by atoms with Crippen molar-refractivity contribution in [3.8, 4) is 0 Å².